The number of hydrogen-bond acceptors (Lipinski definition) is 6. The Labute approximate surface area is 180 Å². The molecule has 1 atom stereocenters. The average molecular weight is 448 g/mol. The number of methoxy groups -OCH3 is 1. The molecular formula is C21H19F3N4O4. The molecule has 0 saturated carbocycles. The van der Waals surface area contributed by atoms with E-state index in [2.05, 4.69) is 10.1 Å². The Hall–Kier alpha value is -3.60. The number of alkyl halides is 3. The van der Waals surface area contributed by atoms with E-state index in [9.17, 15) is 18.0 Å². The molecule has 2 N–H and O–H groups in total. The first kappa shape index (κ1) is 21.6. The van der Waals surface area contributed by atoms with Crippen molar-refractivity contribution in [2.75, 3.05) is 7.11 Å². The third-order valence-electron chi connectivity index (χ3n) is 4.99. The summed E-state index contributed by atoms with van der Waals surface area (Å²) in [5, 5.41) is 4.47. The van der Waals surface area contributed by atoms with E-state index in [0.29, 0.717) is 17.7 Å². The van der Waals surface area contributed by atoms with Gasteiger partial charge in [-0.15, -0.1) is 5.10 Å². The van der Waals surface area contributed by atoms with Gasteiger partial charge in [0.2, 0.25) is 11.8 Å². The molecule has 3 aromatic rings. The highest BCUT2D eigenvalue weighted by molar-refractivity contribution is 5.92. The van der Waals surface area contributed by atoms with Gasteiger partial charge in [0.1, 0.15) is 11.5 Å². The number of hydrogen-bond donors (Lipinski definition) is 1. The van der Waals surface area contributed by atoms with Crippen molar-refractivity contribution in [3.05, 3.63) is 59.0 Å². The molecule has 0 aliphatic carbocycles. The third-order valence-corrected chi connectivity index (χ3v) is 4.99. The van der Waals surface area contributed by atoms with E-state index in [-0.39, 0.29) is 35.7 Å². The zero-order valence-corrected chi connectivity index (χ0v) is 17.1. The van der Waals surface area contributed by atoms with Gasteiger partial charge in [-0.3, -0.25) is 9.78 Å². The lowest BCUT2D eigenvalue weighted by atomic mass is 10.1. The number of fused-ring (bicyclic) bond motifs is 1. The van der Waals surface area contributed by atoms with Gasteiger partial charge in [-0.25, -0.2) is 4.68 Å². The largest absolute Gasteiger partial charge is 0.496 e. The number of benzene rings is 1. The Kier molecular flexibility index (Phi) is 5.51. The zero-order valence-electron chi connectivity index (χ0n) is 17.1. The second-order valence-electron chi connectivity index (χ2n) is 7.23. The van der Waals surface area contributed by atoms with Gasteiger partial charge in [0.25, 0.3) is 0 Å². The van der Waals surface area contributed by atoms with Gasteiger partial charge >= 0.3 is 6.18 Å². The number of carbonyl (C=O) groups is 1. The van der Waals surface area contributed by atoms with Crippen molar-refractivity contribution in [2.24, 2.45) is 5.73 Å². The molecule has 0 saturated heterocycles. The summed E-state index contributed by atoms with van der Waals surface area (Å²) < 4.78 is 57.8. The van der Waals surface area contributed by atoms with Crippen molar-refractivity contribution in [3.63, 3.8) is 0 Å². The highest BCUT2D eigenvalue weighted by atomic mass is 19.4. The quantitative estimate of drug-likeness (QED) is 0.640. The minimum atomic E-state index is -4.55. The maximum atomic E-state index is 13.3. The van der Waals surface area contributed by atoms with Crippen LogP contribution in [0.5, 0.6) is 17.4 Å². The molecule has 0 spiro atoms. The van der Waals surface area contributed by atoms with Crippen molar-refractivity contribution in [2.45, 2.75) is 32.2 Å². The molecule has 1 aliphatic rings. The lowest BCUT2D eigenvalue weighted by molar-refractivity contribution is -0.138. The van der Waals surface area contributed by atoms with Gasteiger partial charge in [-0.1, -0.05) is 0 Å². The van der Waals surface area contributed by atoms with Crippen LogP contribution < -0.4 is 15.2 Å². The first-order valence-corrected chi connectivity index (χ1v) is 9.58. The Bertz CT molecular complexity index is 1180. The molecule has 1 aliphatic heterocycles. The molecule has 168 valence electrons. The van der Waals surface area contributed by atoms with E-state index in [1.807, 2.05) is 6.92 Å². The van der Waals surface area contributed by atoms with E-state index >= 15 is 0 Å². The molecule has 0 fully saturated rings. The number of primary amides is 1. The van der Waals surface area contributed by atoms with E-state index in [1.165, 1.54) is 42.4 Å². The summed E-state index contributed by atoms with van der Waals surface area (Å²) in [6, 6.07) is 4.97. The maximum Gasteiger partial charge on any atom is 0.419 e. The predicted octanol–water partition coefficient (Wildman–Crippen LogP) is 3.65. The molecular weight excluding hydrogens is 429 g/mol. The van der Waals surface area contributed by atoms with Crippen LogP contribution >= 0.6 is 0 Å². The number of ether oxygens (including phenoxy) is 3. The summed E-state index contributed by atoms with van der Waals surface area (Å²) in [5.41, 5.74) is 6.32. The van der Waals surface area contributed by atoms with Crippen LogP contribution in [0.25, 0.3) is 5.69 Å². The molecule has 4 rings (SSSR count). The molecule has 2 aromatic heterocycles. The summed E-state index contributed by atoms with van der Waals surface area (Å²) in [4.78, 5) is 15.3. The van der Waals surface area contributed by atoms with Crippen molar-refractivity contribution in [1.29, 1.82) is 0 Å². The molecule has 0 bridgehead atoms. The summed E-state index contributed by atoms with van der Waals surface area (Å²) in [6.07, 6.45) is -1.51. The lowest BCUT2D eigenvalue weighted by Crippen LogP contribution is -2.21. The van der Waals surface area contributed by atoms with Crippen LogP contribution in [0.2, 0.25) is 0 Å². The Morgan fingerprint density at radius 3 is 2.75 bits per heavy atom. The van der Waals surface area contributed by atoms with Crippen LogP contribution in [0, 0.1) is 0 Å². The summed E-state index contributed by atoms with van der Waals surface area (Å²) >= 11 is 0. The highest BCUT2D eigenvalue weighted by Gasteiger charge is 2.35. The molecule has 3 heterocycles. The van der Waals surface area contributed by atoms with Crippen molar-refractivity contribution < 1.29 is 32.2 Å². The second-order valence-corrected chi connectivity index (χ2v) is 7.23. The number of amides is 1. The van der Waals surface area contributed by atoms with Gasteiger partial charge in [-0.2, -0.15) is 13.2 Å². The highest BCUT2D eigenvalue weighted by Crippen LogP contribution is 2.39. The van der Waals surface area contributed by atoms with E-state index in [4.69, 9.17) is 19.9 Å². The fourth-order valence-corrected chi connectivity index (χ4v) is 3.44. The predicted molar refractivity (Wildman–Crippen MR) is 106 cm³/mol. The number of carbonyl (C=O) groups excluding carboxylic acids is 1. The van der Waals surface area contributed by atoms with Crippen molar-refractivity contribution >= 4 is 5.91 Å². The molecule has 0 radical (unpaired) electrons. The van der Waals surface area contributed by atoms with Gasteiger partial charge in [0.15, 0.2) is 0 Å². The Morgan fingerprint density at radius 2 is 2.06 bits per heavy atom. The number of nitrogens with two attached hydrogens (primary N) is 1. The van der Waals surface area contributed by atoms with Crippen LogP contribution in [0.15, 0.2) is 36.7 Å². The Morgan fingerprint density at radius 1 is 1.28 bits per heavy atom. The number of rotatable bonds is 5. The van der Waals surface area contributed by atoms with Crippen LogP contribution in [-0.2, 0) is 23.9 Å². The number of pyridine rings is 1. The molecule has 1 aromatic carbocycles. The summed E-state index contributed by atoms with van der Waals surface area (Å²) in [7, 11) is 1.18. The lowest BCUT2D eigenvalue weighted by Gasteiger charge is -2.21. The summed E-state index contributed by atoms with van der Waals surface area (Å²) in [6.45, 7) is 2.08. The van der Waals surface area contributed by atoms with Gasteiger partial charge in [0, 0.05) is 18.7 Å². The van der Waals surface area contributed by atoms with Gasteiger partial charge in [-0.05, 0) is 25.1 Å². The standard InChI is InChI=1S/C21H19F3N4O4/c1-11-5-17-15(10-31-11)20(32-14-6-12(19(25)29)8-26-9-14)27-28(17)13-3-4-16(21(22,23)24)18(7-13)30-2/h3-4,6-9,11H,5,10H2,1-2H3,(H2,25,29)/t11-/m1/s1. The fraction of sp³-hybridized carbons (Fsp3) is 0.286. The van der Waals surface area contributed by atoms with Crippen LogP contribution in [0.3, 0.4) is 0 Å². The molecule has 32 heavy (non-hydrogen) atoms. The first-order valence-electron chi connectivity index (χ1n) is 9.58. The van der Waals surface area contributed by atoms with E-state index in [0.717, 1.165) is 11.8 Å². The number of aromatic nitrogens is 3. The molecule has 11 heteroatoms. The molecule has 8 nitrogen and oxygen atoms in total. The van der Waals surface area contributed by atoms with Crippen LogP contribution in [0.4, 0.5) is 13.2 Å². The smallest absolute Gasteiger partial charge is 0.419 e. The minimum absolute atomic E-state index is 0.123. The fourth-order valence-electron chi connectivity index (χ4n) is 3.44. The zero-order chi connectivity index (χ0) is 23.0. The van der Waals surface area contributed by atoms with Gasteiger partial charge < -0.3 is 19.9 Å². The van der Waals surface area contributed by atoms with Crippen LogP contribution in [0.1, 0.15) is 34.1 Å². The number of halogens is 3. The average Bonchev–Trinajstić information content (AvgIpc) is 3.10. The third kappa shape index (κ3) is 4.11. The van der Waals surface area contributed by atoms with E-state index in [1.54, 1.807) is 0 Å². The van der Waals surface area contributed by atoms with Crippen LogP contribution in [-0.4, -0.2) is 33.9 Å². The monoisotopic (exact) mass is 448 g/mol. The summed E-state index contributed by atoms with van der Waals surface area (Å²) in [5.74, 6) is -0.559. The van der Waals surface area contributed by atoms with Crippen molar-refractivity contribution in [1.82, 2.24) is 14.8 Å². The molecule has 1 amide bonds. The Balaban J connectivity index is 1.78. The maximum absolute atomic E-state index is 13.3. The van der Waals surface area contributed by atoms with Gasteiger partial charge in [0.05, 0.1) is 54.1 Å². The topological polar surface area (TPSA) is 101 Å². The van der Waals surface area contributed by atoms with Crippen molar-refractivity contribution in [3.8, 4) is 23.1 Å². The SMILES string of the molecule is COc1cc(-n2nc(Oc3cncc(C(N)=O)c3)c3c2C[C@@H](C)OC3)ccc1C(F)(F)F. The number of nitrogens with zero attached hydrogens (tertiary/aromatic N) is 3. The molecule has 0 unspecified atom stereocenters. The normalized spacial score (nSPS) is 15.8. The minimum Gasteiger partial charge on any atom is -0.496 e. The first-order chi connectivity index (χ1) is 15.2. The second kappa shape index (κ2) is 8.15. The van der Waals surface area contributed by atoms with E-state index < -0.39 is 17.6 Å².